The van der Waals surface area contributed by atoms with Crippen molar-refractivity contribution in [3.63, 3.8) is 0 Å². The minimum absolute atomic E-state index is 0.00757. The van der Waals surface area contributed by atoms with Gasteiger partial charge in [-0.1, -0.05) is 19.1 Å². The Labute approximate surface area is 117 Å². The van der Waals surface area contributed by atoms with E-state index in [1.807, 2.05) is 6.92 Å². The Kier molecular flexibility index (Phi) is 4.89. The molecule has 1 aromatic carbocycles. The third-order valence-electron chi connectivity index (χ3n) is 2.56. The lowest BCUT2D eigenvalue weighted by molar-refractivity contribution is -0.0659. The zero-order chi connectivity index (χ0) is 14.5. The van der Waals surface area contributed by atoms with Gasteiger partial charge >= 0.3 is 7.32 Å². The standard InChI is InChI=1S/C13H17BO6/c1-3-7-17-9(2)18-11-6-4-5-10-8-12(19-13(10)11)20-14(15)16/h4-6,8-9,15-16H,3,7H2,1-2H3. The smallest absolute Gasteiger partial charge is 0.484 e. The van der Waals surface area contributed by atoms with Gasteiger partial charge in [0.1, 0.15) is 0 Å². The largest absolute Gasteiger partial charge is 0.709 e. The van der Waals surface area contributed by atoms with Crippen molar-refractivity contribution < 1.29 is 28.6 Å². The number of benzene rings is 1. The molecule has 1 heterocycles. The van der Waals surface area contributed by atoms with Crippen LogP contribution in [0.4, 0.5) is 0 Å². The number of hydrogen-bond acceptors (Lipinski definition) is 6. The molecule has 0 amide bonds. The Hall–Kier alpha value is -1.70. The Bertz CT molecular complexity index is 553. The summed E-state index contributed by atoms with van der Waals surface area (Å²) in [6, 6.07) is 6.91. The minimum Gasteiger partial charge on any atom is -0.484 e. The zero-order valence-corrected chi connectivity index (χ0v) is 11.4. The topological polar surface area (TPSA) is 81.3 Å². The van der Waals surface area contributed by atoms with Crippen molar-refractivity contribution in [3.8, 4) is 11.7 Å². The summed E-state index contributed by atoms with van der Waals surface area (Å²) >= 11 is 0. The summed E-state index contributed by atoms with van der Waals surface area (Å²) in [6.07, 6.45) is 0.504. The predicted molar refractivity (Wildman–Crippen MR) is 73.4 cm³/mol. The highest BCUT2D eigenvalue weighted by atomic mass is 16.7. The molecule has 0 fully saturated rings. The summed E-state index contributed by atoms with van der Waals surface area (Å²) in [5, 5.41) is 18.3. The molecular weight excluding hydrogens is 263 g/mol. The van der Waals surface area contributed by atoms with Gasteiger partial charge in [0.15, 0.2) is 17.6 Å². The van der Waals surface area contributed by atoms with Crippen LogP contribution in [-0.4, -0.2) is 30.3 Å². The molecule has 0 radical (unpaired) electrons. The molecule has 20 heavy (non-hydrogen) atoms. The first-order valence-electron chi connectivity index (χ1n) is 6.43. The van der Waals surface area contributed by atoms with Crippen LogP contribution in [0, 0.1) is 0 Å². The third-order valence-corrected chi connectivity index (χ3v) is 2.56. The van der Waals surface area contributed by atoms with Gasteiger partial charge in [0.05, 0.1) is 6.61 Å². The summed E-state index contributed by atoms with van der Waals surface area (Å²) in [7, 11) is -1.92. The van der Waals surface area contributed by atoms with Gasteiger partial charge in [0, 0.05) is 11.5 Å². The zero-order valence-electron chi connectivity index (χ0n) is 11.4. The van der Waals surface area contributed by atoms with E-state index in [1.165, 1.54) is 0 Å². The van der Waals surface area contributed by atoms with Crippen LogP contribution in [0.1, 0.15) is 20.3 Å². The van der Waals surface area contributed by atoms with Gasteiger partial charge in [-0.25, -0.2) is 0 Å². The molecule has 108 valence electrons. The van der Waals surface area contributed by atoms with Crippen LogP contribution in [-0.2, 0) is 4.74 Å². The third kappa shape index (κ3) is 3.66. The van der Waals surface area contributed by atoms with Crippen molar-refractivity contribution >= 4 is 18.3 Å². The molecule has 0 saturated heterocycles. The molecule has 0 saturated carbocycles. The molecule has 2 N–H and O–H groups in total. The fraction of sp³-hybridized carbons (Fsp3) is 0.385. The maximum Gasteiger partial charge on any atom is 0.709 e. The number of hydrogen-bond donors (Lipinski definition) is 2. The van der Waals surface area contributed by atoms with Gasteiger partial charge < -0.3 is 28.6 Å². The second kappa shape index (κ2) is 6.65. The van der Waals surface area contributed by atoms with Crippen LogP contribution in [0.5, 0.6) is 11.7 Å². The number of fused-ring (bicyclic) bond motifs is 1. The molecule has 0 spiro atoms. The molecule has 1 unspecified atom stereocenters. The van der Waals surface area contributed by atoms with E-state index >= 15 is 0 Å². The van der Waals surface area contributed by atoms with Crippen molar-refractivity contribution in [1.82, 2.24) is 0 Å². The van der Waals surface area contributed by atoms with Crippen molar-refractivity contribution in [1.29, 1.82) is 0 Å². The number of furan rings is 1. The van der Waals surface area contributed by atoms with Crippen LogP contribution in [0.3, 0.4) is 0 Å². The van der Waals surface area contributed by atoms with Gasteiger partial charge in [-0.15, -0.1) is 0 Å². The second-order valence-electron chi connectivity index (χ2n) is 4.24. The molecule has 1 aromatic heterocycles. The summed E-state index contributed by atoms with van der Waals surface area (Å²) < 4.78 is 21.2. The van der Waals surface area contributed by atoms with Crippen LogP contribution < -0.4 is 9.39 Å². The molecular formula is C13H17BO6. The first-order chi connectivity index (χ1) is 9.60. The van der Waals surface area contributed by atoms with Gasteiger partial charge in [0.25, 0.3) is 5.95 Å². The average molecular weight is 280 g/mol. The van der Waals surface area contributed by atoms with Crippen LogP contribution in [0.25, 0.3) is 11.0 Å². The molecule has 7 heteroatoms. The first-order valence-corrected chi connectivity index (χ1v) is 6.43. The summed E-state index contributed by atoms with van der Waals surface area (Å²) in [5.74, 6) is 0.515. The quantitative estimate of drug-likeness (QED) is 0.595. The minimum atomic E-state index is -1.92. The van der Waals surface area contributed by atoms with E-state index in [9.17, 15) is 0 Å². The lowest BCUT2D eigenvalue weighted by Crippen LogP contribution is -2.20. The maximum absolute atomic E-state index is 8.76. The van der Waals surface area contributed by atoms with Gasteiger partial charge in [-0.2, -0.15) is 0 Å². The fourth-order valence-corrected chi connectivity index (χ4v) is 1.76. The number of rotatable bonds is 7. The van der Waals surface area contributed by atoms with E-state index in [-0.39, 0.29) is 5.95 Å². The van der Waals surface area contributed by atoms with E-state index in [0.717, 1.165) is 11.8 Å². The highest BCUT2D eigenvalue weighted by Gasteiger charge is 2.17. The second-order valence-corrected chi connectivity index (χ2v) is 4.24. The van der Waals surface area contributed by atoms with Crippen molar-refractivity contribution in [3.05, 3.63) is 24.3 Å². The van der Waals surface area contributed by atoms with Crippen molar-refractivity contribution in [2.75, 3.05) is 6.61 Å². The molecule has 0 aliphatic carbocycles. The summed E-state index contributed by atoms with van der Waals surface area (Å²) in [5.41, 5.74) is 0.468. The molecule has 6 nitrogen and oxygen atoms in total. The Morgan fingerprint density at radius 2 is 2.15 bits per heavy atom. The maximum atomic E-state index is 8.76. The Morgan fingerprint density at radius 1 is 1.35 bits per heavy atom. The van der Waals surface area contributed by atoms with E-state index in [2.05, 4.69) is 4.65 Å². The predicted octanol–water partition coefficient (Wildman–Crippen LogP) is 1.93. The molecule has 0 aliphatic heterocycles. The number of para-hydroxylation sites is 1. The molecule has 0 bridgehead atoms. The highest BCUT2D eigenvalue weighted by Crippen LogP contribution is 2.32. The summed E-state index contributed by atoms with van der Waals surface area (Å²) in [6.45, 7) is 4.43. The Morgan fingerprint density at radius 3 is 2.85 bits per heavy atom. The Balaban J connectivity index is 2.18. The van der Waals surface area contributed by atoms with Crippen molar-refractivity contribution in [2.24, 2.45) is 0 Å². The molecule has 0 aliphatic rings. The SMILES string of the molecule is CCCOC(C)Oc1cccc2cc(OB(O)O)oc12. The van der Waals surface area contributed by atoms with Gasteiger partial charge in [-0.05, 0) is 19.4 Å². The normalized spacial score (nSPS) is 12.4. The summed E-state index contributed by atoms with van der Waals surface area (Å²) in [4.78, 5) is 0. The van der Waals surface area contributed by atoms with E-state index in [4.69, 9.17) is 23.9 Å². The monoisotopic (exact) mass is 280 g/mol. The first kappa shape index (κ1) is 14.7. The average Bonchev–Trinajstić information content (AvgIpc) is 2.79. The lowest BCUT2D eigenvalue weighted by Gasteiger charge is -2.14. The molecule has 2 rings (SSSR count). The highest BCUT2D eigenvalue weighted by molar-refractivity contribution is 6.33. The van der Waals surface area contributed by atoms with Crippen LogP contribution >= 0.6 is 0 Å². The van der Waals surface area contributed by atoms with Crippen LogP contribution in [0.15, 0.2) is 28.7 Å². The van der Waals surface area contributed by atoms with E-state index in [1.54, 1.807) is 31.2 Å². The van der Waals surface area contributed by atoms with Crippen LogP contribution in [0.2, 0.25) is 0 Å². The van der Waals surface area contributed by atoms with E-state index < -0.39 is 13.6 Å². The molecule has 2 aromatic rings. The van der Waals surface area contributed by atoms with Gasteiger partial charge in [0.2, 0.25) is 0 Å². The van der Waals surface area contributed by atoms with Crippen molar-refractivity contribution in [2.45, 2.75) is 26.6 Å². The number of ether oxygens (including phenoxy) is 2. The fourth-order valence-electron chi connectivity index (χ4n) is 1.76. The van der Waals surface area contributed by atoms with E-state index in [0.29, 0.717) is 17.9 Å². The lowest BCUT2D eigenvalue weighted by atomic mass is 10.2. The van der Waals surface area contributed by atoms with Gasteiger partial charge in [-0.3, -0.25) is 0 Å². The molecule has 1 atom stereocenters.